The fourth-order valence-corrected chi connectivity index (χ4v) is 3.92. The highest BCUT2D eigenvalue weighted by molar-refractivity contribution is 7.91. The van der Waals surface area contributed by atoms with E-state index in [1.165, 1.54) is 11.0 Å². The number of nitrogens with zero attached hydrogens (tertiary/aromatic N) is 2. The van der Waals surface area contributed by atoms with Gasteiger partial charge in [0.2, 0.25) is 5.91 Å². The van der Waals surface area contributed by atoms with Gasteiger partial charge in [0, 0.05) is 31.6 Å². The van der Waals surface area contributed by atoms with Gasteiger partial charge in [0.15, 0.2) is 9.84 Å². The molecule has 1 amide bonds. The number of sulfone groups is 1. The minimum absolute atomic E-state index is 0.115. The number of benzene rings is 2. The zero-order chi connectivity index (χ0) is 20.7. The van der Waals surface area contributed by atoms with Gasteiger partial charge in [-0.2, -0.15) is 0 Å². The van der Waals surface area contributed by atoms with Gasteiger partial charge in [-0.05, 0) is 39.2 Å². The molecule has 0 heterocycles. The Morgan fingerprint density at radius 3 is 2.25 bits per heavy atom. The van der Waals surface area contributed by atoms with E-state index in [2.05, 4.69) is 0 Å². The van der Waals surface area contributed by atoms with Crippen LogP contribution in [-0.2, 0) is 21.2 Å². The molecule has 0 saturated carbocycles. The Balaban J connectivity index is 2.08. The van der Waals surface area contributed by atoms with Gasteiger partial charge >= 0.3 is 0 Å². The molecule has 2 aromatic rings. The molecule has 0 atom stereocenters. The second kappa shape index (κ2) is 9.80. The van der Waals surface area contributed by atoms with Crippen LogP contribution in [0.5, 0.6) is 0 Å². The van der Waals surface area contributed by atoms with E-state index in [0.29, 0.717) is 18.7 Å². The van der Waals surface area contributed by atoms with Gasteiger partial charge in [0.05, 0.1) is 10.6 Å². The largest absolute Gasteiger partial charge is 0.337 e. The van der Waals surface area contributed by atoms with Crippen molar-refractivity contribution in [2.24, 2.45) is 0 Å². The highest BCUT2D eigenvalue weighted by atomic mass is 32.2. The monoisotopic (exact) mass is 406 g/mol. The van der Waals surface area contributed by atoms with Crippen molar-refractivity contribution in [3.8, 4) is 0 Å². The molecule has 7 heteroatoms. The van der Waals surface area contributed by atoms with Crippen molar-refractivity contribution in [2.75, 3.05) is 32.9 Å². The van der Waals surface area contributed by atoms with Crippen LogP contribution in [0.2, 0.25) is 0 Å². The molecule has 0 radical (unpaired) electrons. The molecule has 0 aliphatic heterocycles. The summed E-state index contributed by atoms with van der Waals surface area (Å²) in [6.07, 6.45) is -0.141. The van der Waals surface area contributed by atoms with Gasteiger partial charge in [-0.1, -0.05) is 35.9 Å². The van der Waals surface area contributed by atoms with E-state index >= 15 is 0 Å². The molecule has 5 nitrogen and oxygen atoms in total. The second-order valence-corrected chi connectivity index (χ2v) is 9.20. The van der Waals surface area contributed by atoms with Gasteiger partial charge in [-0.25, -0.2) is 12.8 Å². The molecule has 2 aromatic carbocycles. The van der Waals surface area contributed by atoms with Gasteiger partial charge in [0.1, 0.15) is 5.82 Å². The van der Waals surface area contributed by atoms with Crippen LogP contribution in [0.15, 0.2) is 53.4 Å². The third kappa shape index (κ3) is 6.42. The van der Waals surface area contributed by atoms with E-state index in [-0.39, 0.29) is 35.3 Å². The highest BCUT2D eigenvalue weighted by Gasteiger charge is 2.21. The van der Waals surface area contributed by atoms with Crippen LogP contribution in [0.1, 0.15) is 17.5 Å². The lowest BCUT2D eigenvalue weighted by Crippen LogP contribution is -2.37. The van der Waals surface area contributed by atoms with Crippen molar-refractivity contribution in [3.05, 3.63) is 65.5 Å². The van der Waals surface area contributed by atoms with Crippen molar-refractivity contribution in [1.82, 2.24) is 9.80 Å². The lowest BCUT2D eigenvalue weighted by atomic mass is 10.2. The smallest absolute Gasteiger partial charge is 0.223 e. The average Bonchev–Trinajstić information content (AvgIpc) is 2.65. The fourth-order valence-electron chi connectivity index (χ4n) is 2.69. The van der Waals surface area contributed by atoms with Gasteiger partial charge < -0.3 is 9.80 Å². The molecule has 0 aromatic heterocycles. The number of aryl methyl sites for hydroxylation is 1. The first kappa shape index (κ1) is 22.0. The third-order valence-corrected chi connectivity index (χ3v) is 6.19. The van der Waals surface area contributed by atoms with Crippen LogP contribution in [-0.4, -0.2) is 57.1 Å². The van der Waals surface area contributed by atoms with E-state index in [0.717, 1.165) is 5.56 Å². The maximum Gasteiger partial charge on any atom is 0.223 e. The summed E-state index contributed by atoms with van der Waals surface area (Å²) in [6, 6.07) is 12.9. The molecule has 0 fully saturated rings. The zero-order valence-corrected chi connectivity index (χ0v) is 17.4. The molecule has 0 unspecified atom stereocenters. The Morgan fingerprint density at radius 2 is 1.64 bits per heavy atom. The molecule has 152 valence electrons. The predicted molar refractivity (Wildman–Crippen MR) is 108 cm³/mol. The average molecular weight is 407 g/mol. The minimum atomic E-state index is -3.55. The molecular formula is C21H27FN2O3S. The van der Waals surface area contributed by atoms with E-state index in [9.17, 15) is 17.6 Å². The first-order valence-corrected chi connectivity index (χ1v) is 10.8. The second-order valence-electron chi connectivity index (χ2n) is 7.09. The summed E-state index contributed by atoms with van der Waals surface area (Å²) >= 11 is 0. The van der Waals surface area contributed by atoms with Crippen LogP contribution in [0.3, 0.4) is 0 Å². The van der Waals surface area contributed by atoms with Crippen molar-refractivity contribution < 1.29 is 17.6 Å². The predicted octanol–water partition coefficient (Wildman–Crippen LogP) is 2.89. The molecule has 0 saturated heterocycles. The van der Waals surface area contributed by atoms with Crippen LogP contribution in [0.4, 0.5) is 4.39 Å². The summed E-state index contributed by atoms with van der Waals surface area (Å²) in [4.78, 5) is 16.4. The van der Waals surface area contributed by atoms with E-state index < -0.39 is 9.84 Å². The Morgan fingerprint density at radius 1 is 1.00 bits per heavy atom. The molecule has 2 rings (SSSR count). The molecule has 28 heavy (non-hydrogen) atoms. The highest BCUT2D eigenvalue weighted by Crippen LogP contribution is 2.15. The number of halogens is 1. The molecular weight excluding hydrogens is 379 g/mol. The van der Waals surface area contributed by atoms with Crippen molar-refractivity contribution in [2.45, 2.75) is 24.8 Å². The summed E-state index contributed by atoms with van der Waals surface area (Å²) in [5.74, 6) is -0.955. The summed E-state index contributed by atoms with van der Waals surface area (Å²) in [5.41, 5.74) is 1.38. The number of carbonyl (C=O) groups excluding carboxylic acids is 1. The fraction of sp³-hybridized carbons (Fsp3) is 0.381. The topological polar surface area (TPSA) is 57.7 Å². The van der Waals surface area contributed by atoms with Crippen molar-refractivity contribution in [1.29, 1.82) is 0 Å². The summed E-state index contributed by atoms with van der Waals surface area (Å²) in [5, 5.41) is 0. The van der Waals surface area contributed by atoms with Crippen molar-refractivity contribution >= 4 is 15.7 Å². The van der Waals surface area contributed by atoms with Gasteiger partial charge in [-0.3, -0.25) is 4.79 Å². The Kier molecular flexibility index (Phi) is 7.71. The lowest BCUT2D eigenvalue weighted by Gasteiger charge is -2.25. The van der Waals surface area contributed by atoms with Gasteiger partial charge in [-0.15, -0.1) is 0 Å². The van der Waals surface area contributed by atoms with Crippen LogP contribution in [0.25, 0.3) is 0 Å². The lowest BCUT2D eigenvalue weighted by molar-refractivity contribution is -0.131. The standard InChI is InChI=1S/C21H27FN2O3S/c1-17-8-10-19(11-9-17)28(26,27)15-12-21(25)24(14-13-23(2)3)16-18-6-4-5-7-20(18)22/h4-11H,12-16H2,1-3H3. The third-order valence-electron chi connectivity index (χ3n) is 4.45. The molecule has 0 spiro atoms. The first-order chi connectivity index (χ1) is 13.2. The van der Waals surface area contributed by atoms with Crippen molar-refractivity contribution in [3.63, 3.8) is 0 Å². The first-order valence-electron chi connectivity index (χ1n) is 9.14. The SMILES string of the molecule is Cc1ccc(S(=O)(=O)CCC(=O)N(CCN(C)C)Cc2ccccc2F)cc1. The number of likely N-dealkylation sites (N-methyl/N-ethyl adjacent to an activating group) is 1. The van der Waals surface area contributed by atoms with E-state index in [1.807, 2.05) is 25.9 Å². The van der Waals surface area contributed by atoms with Crippen LogP contribution in [0, 0.1) is 12.7 Å². The molecule has 0 aliphatic rings. The minimum Gasteiger partial charge on any atom is -0.337 e. The molecule has 0 bridgehead atoms. The number of amides is 1. The number of rotatable bonds is 9. The molecule has 0 N–H and O–H groups in total. The summed E-state index contributed by atoms with van der Waals surface area (Å²) in [6.45, 7) is 2.99. The normalized spacial score (nSPS) is 11.6. The Labute approximate surface area is 166 Å². The van der Waals surface area contributed by atoms with E-state index in [4.69, 9.17) is 0 Å². The maximum atomic E-state index is 14.0. The Hall–Kier alpha value is -2.25. The van der Waals surface area contributed by atoms with Crippen LogP contribution < -0.4 is 0 Å². The summed E-state index contributed by atoms with van der Waals surface area (Å²) in [7, 11) is 0.215. The molecule has 0 aliphatic carbocycles. The number of hydrogen-bond acceptors (Lipinski definition) is 4. The van der Waals surface area contributed by atoms with Crippen LogP contribution >= 0.6 is 0 Å². The van der Waals surface area contributed by atoms with E-state index in [1.54, 1.807) is 42.5 Å². The maximum absolute atomic E-state index is 14.0. The number of carbonyl (C=O) groups is 1. The summed E-state index contributed by atoms with van der Waals surface area (Å²) < 4.78 is 39.0. The van der Waals surface area contributed by atoms with Gasteiger partial charge in [0.25, 0.3) is 0 Å². The zero-order valence-electron chi connectivity index (χ0n) is 16.6. The Bertz CT molecular complexity index is 896. The quantitative estimate of drug-likeness (QED) is 0.643. The number of hydrogen-bond donors (Lipinski definition) is 0.